The zero-order valence-corrected chi connectivity index (χ0v) is 31.9. The Bertz CT molecular complexity index is 1440. The second kappa shape index (κ2) is 23.4. The van der Waals surface area contributed by atoms with Crippen LogP contribution in [0.3, 0.4) is 0 Å². The minimum Gasteiger partial charge on any atom is -0.300 e. The van der Waals surface area contributed by atoms with E-state index in [0.717, 1.165) is 47.9 Å². The van der Waals surface area contributed by atoms with Crippen molar-refractivity contribution in [2.45, 2.75) is 104 Å². The van der Waals surface area contributed by atoms with Gasteiger partial charge < -0.3 is 0 Å². The predicted octanol–water partition coefficient (Wildman–Crippen LogP) is 11.9. The first-order valence-corrected chi connectivity index (χ1v) is 21.1. The maximum atomic E-state index is 14.4. The normalized spacial score (nSPS) is 12.0. The molecule has 4 aromatic rings. The van der Waals surface area contributed by atoms with Crippen LogP contribution in [0.2, 0.25) is 0 Å². The average Bonchev–Trinajstić information content (AvgIpc) is 3.18. The van der Waals surface area contributed by atoms with Gasteiger partial charge in [-0.05, 0) is 47.9 Å². The number of carbonyl (C=O) groups excluding carboxylic acids is 1. The third-order valence-corrected chi connectivity index (χ3v) is 10.9. The van der Waals surface area contributed by atoms with Gasteiger partial charge in [0.15, 0.2) is 6.29 Å². The topological polar surface area (TPSA) is 107 Å². The van der Waals surface area contributed by atoms with Crippen molar-refractivity contribution in [1.29, 1.82) is 0 Å². The number of benzene rings is 4. The smallest absolute Gasteiger partial charge is 0.300 e. The van der Waals surface area contributed by atoms with Gasteiger partial charge >= 0.3 is 15.6 Å². The van der Waals surface area contributed by atoms with Crippen molar-refractivity contribution in [3.63, 3.8) is 0 Å². The fourth-order valence-electron chi connectivity index (χ4n) is 5.20. The summed E-state index contributed by atoms with van der Waals surface area (Å²) in [6.07, 6.45) is 5.98. The lowest BCUT2D eigenvalue weighted by atomic mass is 10.0. The van der Waals surface area contributed by atoms with Crippen LogP contribution in [0.1, 0.15) is 93.4 Å². The van der Waals surface area contributed by atoms with Crippen molar-refractivity contribution in [1.82, 2.24) is 0 Å². The van der Waals surface area contributed by atoms with Gasteiger partial charge in [0.05, 0.1) is 26.4 Å². The van der Waals surface area contributed by atoms with Gasteiger partial charge in [-0.1, -0.05) is 154 Å². The Hall–Kier alpha value is -3.23. The van der Waals surface area contributed by atoms with Crippen molar-refractivity contribution >= 4 is 21.4 Å². The number of phosphoric ester groups is 2. The molecule has 0 aliphatic rings. The van der Waals surface area contributed by atoms with Crippen molar-refractivity contribution < 1.29 is 41.1 Å². The van der Waals surface area contributed by atoms with Gasteiger partial charge in [0.2, 0.25) is 0 Å². The van der Waals surface area contributed by atoms with Gasteiger partial charge in [0, 0.05) is 12.8 Å². The molecule has 0 atom stereocenters. The molecule has 0 spiro atoms. The molecule has 0 saturated carbocycles. The molecule has 0 unspecified atom stereocenters. The third kappa shape index (κ3) is 16.6. The lowest BCUT2D eigenvalue weighted by Crippen LogP contribution is -2.18. The molecule has 280 valence electrons. The van der Waals surface area contributed by atoms with E-state index in [2.05, 4.69) is 6.92 Å². The van der Waals surface area contributed by atoms with E-state index in [-0.39, 0.29) is 38.6 Å². The van der Waals surface area contributed by atoms with Crippen LogP contribution in [0.15, 0.2) is 121 Å². The van der Waals surface area contributed by atoms with Gasteiger partial charge in [-0.15, -0.1) is 0 Å². The third-order valence-electron chi connectivity index (χ3n) is 8.13. The van der Waals surface area contributed by atoms with Gasteiger partial charge in [-0.3, -0.25) is 31.9 Å². The van der Waals surface area contributed by atoms with Crippen LogP contribution in [-0.2, 0) is 67.5 Å². The quantitative estimate of drug-likeness (QED) is 0.0334. The highest BCUT2D eigenvalue weighted by Gasteiger charge is 2.38. The molecule has 0 aliphatic carbocycles. The predicted molar refractivity (Wildman–Crippen MR) is 203 cm³/mol. The Morgan fingerprint density at radius 1 is 0.481 bits per heavy atom. The number of hydrogen-bond donors (Lipinski definition) is 0. The summed E-state index contributed by atoms with van der Waals surface area (Å²) >= 11 is 0. The van der Waals surface area contributed by atoms with Crippen molar-refractivity contribution in [3.8, 4) is 0 Å². The fraction of sp³-hybridized carbons (Fsp3) is 0.390. The molecule has 9 nitrogen and oxygen atoms in total. The number of Topliss-reactive ketones (excluding diaryl/α,β-unsaturated/α-hetero) is 1. The highest BCUT2D eigenvalue weighted by atomic mass is 31.2. The molecule has 0 radical (unpaired) electrons. The SMILES string of the molecule is CCCCCCC(=O)CCCCCC(OP(=O)(OCc1ccccc1)OCc1ccccc1)OP(=O)(OCc1ccccc1)OCc1ccccc1. The van der Waals surface area contributed by atoms with Gasteiger partial charge in [-0.2, -0.15) is 0 Å². The maximum Gasteiger partial charge on any atom is 0.477 e. The van der Waals surface area contributed by atoms with E-state index in [1.165, 1.54) is 0 Å². The van der Waals surface area contributed by atoms with E-state index in [1.54, 1.807) is 0 Å². The number of unbranched alkanes of at least 4 members (excludes halogenated alkanes) is 5. The van der Waals surface area contributed by atoms with E-state index in [1.807, 2.05) is 121 Å². The van der Waals surface area contributed by atoms with Crippen LogP contribution in [0.25, 0.3) is 0 Å². The molecule has 4 rings (SSSR count). The molecule has 0 amide bonds. The lowest BCUT2D eigenvalue weighted by molar-refractivity contribution is -0.119. The highest BCUT2D eigenvalue weighted by molar-refractivity contribution is 7.49. The molecule has 0 saturated heterocycles. The number of rotatable bonds is 27. The summed E-state index contributed by atoms with van der Waals surface area (Å²) in [6, 6.07) is 37.0. The Morgan fingerprint density at radius 3 is 1.13 bits per heavy atom. The molecule has 0 bridgehead atoms. The first kappa shape index (κ1) is 41.5. The molecule has 52 heavy (non-hydrogen) atoms. The monoisotopic (exact) mass is 750 g/mol. The van der Waals surface area contributed by atoms with Crippen LogP contribution >= 0.6 is 15.6 Å². The standard InChI is InChI=1S/C41H52O9P2/c1-2-3-4-18-29-40(42)30-19-9-20-31-41(49-51(43,45-32-36-21-10-5-11-22-36)46-33-37-23-12-6-13-24-37)50-52(44,47-34-38-25-14-7-15-26-38)48-35-39-27-16-8-17-28-39/h5-8,10-17,21-28,41H,2-4,9,18-20,29-35H2,1H3. The molecular weight excluding hydrogens is 698 g/mol. The summed E-state index contributed by atoms with van der Waals surface area (Å²) < 4.78 is 64.4. The van der Waals surface area contributed by atoms with Crippen molar-refractivity contribution in [2.75, 3.05) is 0 Å². The zero-order valence-electron chi connectivity index (χ0n) is 30.1. The summed E-state index contributed by atoms with van der Waals surface area (Å²) in [4.78, 5) is 12.4. The molecule has 0 N–H and O–H groups in total. The van der Waals surface area contributed by atoms with Crippen molar-refractivity contribution in [3.05, 3.63) is 144 Å². The highest BCUT2D eigenvalue weighted by Crippen LogP contribution is 2.57. The molecular formula is C41H52O9P2. The van der Waals surface area contributed by atoms with E-state index in [4.69, 9.17) is 27.1 Å². The molecule has 4 aromatic carbocycles. The molecule has 0 fully saturated rings. The second-order valence-corrected chi connectivity index (χ2v) is 15.8. The first-order chi connectivity index (χ1) is 25.3. The Morgan fingerprint density at radius 2 is 0.808 bits per heavy atom. The average molecular weight is 751 g/mol. The van der Waals surface area contributed by atoms with Crippen LogP contribution in [0.4, 0.5) is 0 Å². The molecule has 0 aromatic heterocycles. The second-order valence-electron chi connectivity index (χ2n) is 12.5. The van der Waals surface area contributed by atoms with Crippen LogP contribution in [0.5, 0.6) is 0 Å². The summed E-state index contributed by atoms with van der Waals surface area (Å²) in [5.41, 5.74) is 3.04. The molecule has 11 heteroatoms. The van der Waals surface area contributed by atoms with Crippen LogP contribution in [-0.4, -0.2) is 12.1 Å². The summed E-state index contributed by atoms with van der Waals surface area (Å²) in [6.45, 7) is 1.90. The van der Waals surface area contributed by atoms with Gasteiger partial charge in [-0.25, -0.2) is 9.13 Å². The number of hydrogen-bond acceptors (Lipinski definition) is 9. The number of carbonyl (C=O) groups is 1. The van der Waals surface area contributed by atoms with Crippen molar-refractivity contribution in [2.24, 2.45) is 0 Å². The van der Waals surface area contributed by atoms with E-state index in [9.17, 15) is 13.9 Å². The summed E-state index contributed by atoms with van der Waals surface area (Å²) in [5, 5.41) is 0. The molecule has 0 aliphatic heterocycles. The Kier molecular flexibility index (Phi) is 18.7. The van der Waals surface area contributed by atoms with Crippen LogP contribution in [0, 0.1) is 0 Å². The first-order valence-electron chi connectivity index (χ1n) is 18.2. The summed E-state index contributed by atoms with van der Waals surface area (Å²) in [7, 11) is -8.70. The van der Waals surface area contributed by atoms with E-state index >= 15 is 0 Å². The maximum absolute atomic E-state index is 14.4. The number of phosphoric acid groups is 2. The largest absolute Gasteiger partial charge is 0.477 e. The van der Waals surface area contributed by atoms with E-state index < -0.39 is 21.9 Å². The van der Waals surface area contributed by atoms with Gasteiger partial charge in [0.25, 0.3) is 0 Å². The minimum atomic E-state index is -4.35. The fourth-order valence-corrected chi connectivity index (χ4v) is 7.77. The van der Waals surface area contributed by atoms with Gasteiger partial charge in [0.1, 0.15) is 5.78 Å². The Labute approximate surface area is 309 Å². The lowest BCUT2D eigenvalue weighted by Gasteiger charge is -2.27. The minimum absolute atomic E-state index is 0.0628. The van der Waals surface area contributed by atoms with Crippen LogP contribution < -0.4 is 0 Å². The van der Waals surface area contributed by atoms with E-state index in [0.29, 0.717) is 32.1 Å². The Balaban J connectivity index is 1.51. The zero-order chi connectivity index (χ0) is 36.7. The number of ketones is 1. The molecule has 0 heterocycles. The summed E-state index contributed by atoms with van der Waals surface area (Å²) in [5.74, 6) is 0.251.